The van der Waals surface area contributed by atoms with Crippen molar-refractivity contribution in [1.82, 2.24) is 4.90 Å². The molecule has 2 saturated heterocycles. The third-order valence-corrected chi connectivity index (χ3v) is 6.17. The molecule has 2 heterocycles. The topological polar surface area (TPSA) is 59.0 Å². The Balaban J connectivity index is 1.32. The van der Waals surface area contributed by atoms with Crippen molar-refractivity contribution >= 4 is 5.91 Å². The molecular weight excluding hydrogens is 385 g/mol. The van der Waals surface area contributed by atoms with Crippen molar-refractivity contribution in [2.75, 3.05) is 19.7 Å². The predicted molar refractivity (Wildman–Crippen MR) is 111 cm³/mol. The molecule has 1 N–H and O–H groups in total. The minimum atomic E-state index is -0.692. The molecule has 2 aromatic rings. The van der Waals surface area contributed by atoms with Crippen LogP contribution in [0.3, 0.4) is 0 Å². The predicted octanol–water partition coefficient (Wildman–Crippen LogP) is 3.94. The molecule has 2 aliphatic rings. The second kappa shape index (κ2) is 8.36. The van der Waals surface area contributed by atoms with Crippen molar-refractivity contribution in [3.8, 4) is 5.75 Å². The Labute approximate surface area is 176 Å². The average molecular weight is 413 g/mol. The molecule has 0 aromatic heterocycles. The van der Waals surface area contributed by atoms with Crippen LogP contribution in [0.2, 0.25) is 0 Å². The summed E-state index contributed by atoms with van der Waals surface area (Å²) in [6.07, 6.45) is 2.75. The van der Waals surface area contributed by atoms with Crippen LogP contribution >= 0.6 is 0 Å². The number of hydrogen-bond acceptors (Lipinski definition) is 4. The second-order valence-electron chi connectivity index (χ2n) is 8.65. The lowest BCUT2D eigenvalue weighted by atomic mass is 9.78. The number of nitrogens with zero attached hydrogens (tertiary/aromatic N) is 1. The standard InChI is InChI=1S/C24H28FNO4/c1-23(28)12-15-30-24(17-23)10-13-26(14-11-24)22(27)18-6-8-20(9-7-18)29-16-19-4-2-3-5-21(19)25/h2-9,28H,10-17H2,1H3. The second-order valence-corrected chi connectivity index (χ2v) is 8.65. The van der Waals surface area contributed by atoms with Crippen LogP contribution in [0.5, 0.6) is 5.75 Å². The molecule has 2 fully saturated rings. The Hall–Kier alpha value is -2.44. The van der Waals surface area contributed by atoms with Gasteiger partial charge in [0.1, 0.15) is 18.2 Å². The summed E-state index contributed by atoms with van der Waals surface area (Å²) in [6.45, 7) is 3.79. The van der Waals surface area contributed by atoms with Gasteiger partial charge in [-0.15, -0.1) is 0 Å². The highest BCUT2D eigenvalue weighted by Gasteiger charge is 2.44. The van der Waals surface area contributed by atoms with E-state index in [0.717, 1.165) is 12.8 Å². The number of hydrogen-bond donors (Lipinski definition) is 1. The Bertz CT molecular complexity index is 888. The molecule has 6 heteroatoms. The summed E-state index contributed by atoms with van der Waals surface area (Å²) in [5, 5.41) is 10.4. The van der Waals surface area contributed by atoms with E-state index in [-0.39, 0.29) is 23.9 Å². The lowest BCUT2D eigenvalue weighted by molar-refractivity contribution is -0.170. The first-order valence-corrected chi connectivity index (χ1v) is 10.5. The molecule has 1 amide bonds. The van der Waals surface area contributed by atoms with Gasteiger partial charge in [-0.3, -0.25) is 4.79 Å². The quantitative estimate of drug-likeness (QED) is 0.825. The lowest BCUT2D eigenvalue weighted by Crippen LogP contribution is -2.54. The first kappa shape index (κ1) is 20.8. The Morgan fingerprint density at radius 3 is 2.50 bits per heavy atom. The summed E-state index contributed by atoms with van der Waals surface area (Å²) in [5.41, 5.74) is 0.0795. The molecule has 160 valence electrons. The van der Waals surface area contributed by atoms with Crippen LogP contribution in [0.15, 0.2) is 48.5 Å². The van der Waals surface area contributed by atoms with Crippen molar-refractivity contribution in [2.24, 2.45) is 0 Å². The summed E-state index contributed by atoms with van der Waals surface area (Å²) in [4.78, 5) is 14.7. The third kappa shape index (κ3) is 4.65. The van der Waals surface area contributed by atoms with Gasteiger partial charge in [0.25, 0.3) is 5.91 Å². The van der Waals surface area contributed by atoms with Gasteiger partial charge in [-0.05, 0) is 56.5 Å². The Kier molecular flexibility index (Phi) is 5.80. The van der Waals surface area contributed by atoms with Crippen LogP contribution in [0.25, 0.3) is 0 Å². The van der Waals surface area contributed by atoms with Crippen molar-refractivity contribution in [3.63, 3.8) is 0 Å². The molecular formula is C24H28FNO4. The molecule has 2 aliphatic heterocycles. The molecule has 1 unspecified atom stereocenters. The van der Waals surface area contributed by atoms with Crippen LogP contribution in [-0.2, 0) is 11.3 Å². The normalized spacial score (nSPS) is 23.4. The van der Waals surface area contributed by atoms with E-state index in [0.29, 0.717) is 49.4 Å². The minimum Gasteiger partial charge on any atom is -0.489 e. The van der Waals surface area contributed by atoms with Gasteiger partial charge in [0.15, 0.2) is 0 Å². The highest BCUT2D eigenvalue weighted by Crippen LogP contribution is 2.39. The molecule has 2 aromatic carbocycles. The van der Waals surface area contributed by atoms with Gasteiger partial charge in [0.2, 0.25) is 0 Å². The monoisotopic (exact) mass is 413 g/mol. The average Bonchev–Trinajstić information content (AvgIpc) is 2.73. The maximum Gasteiger partial charge on any atom is 0.253 e. The van der Waals surface area contributed by atoms with Gasteiger partial charge in [-0.2, -0.15) is 0 Å². The number of carbonyl (C=O) groups is 1. The smallest absolute Gasteiger partial charge is 0.253 e. The first-order chi connectivity index (χ1) is 14.4. The molecule has 0 radical (unpaired) electrons. The van der Waals surface area contributed by atoms with E-state index in [2.05, 4.69) is 0 Å². The van der Waals surface area contributed by atoms with E-state index < -0.39 is 5.60 Å². The van der Waals surface area contributed by atoms with E-state index >= 15 is 0 Å². The van der Waals surface area contributed by atoms with Gasteiger partial charge in [0, 0.05) is 30.6 Å². The fourth-order valence-electron chi connectivity index (χ4n) is 4.41. The summed E-state index contributed by atoms with van der Waals surface area (Å²) in [7, 11) is 0. The minimum absolute atomic E-state index is 0.0203. The Morgan fingerprint density at radius 2 is 1.83 bits per heavy atom. The van der Waals surface area contributed by atoms with Crippen molar-refractivity contribution in [3.05, 3.63) is 65.5 Å². The van der Waals surface area contributed by atoms with Gasteiger partial charge < -0.3 is 19.5 Å². The van der Waals surface area contributed by atoms with E-state index in [1.807, 2.05) is 11.8 Å². The van der Waals surface area contributed by atoms with Crippen molar-refractivity contribution < 1.29 is 23.8 Å². The maximum absolute atomic E-state index is 13.7. The number of benzene rings is 2. The number of piperidine rings is 1. The SMILES string of the molecule is CC1(O)CCOC2(CCN(C(=O)c3ccc(OCc4ccccc4F)cc3)CC2)C1. The molecule has 1 spiro atoms. The van der Waals surface area contributed by atoms with Gasteiger partial charge in [-0.1, -0.05) is 18.2 Å². The van der Waals surface area contributed by atoms with Gasteiger partial charge >= 0.3 is 0 Å². The lowest BCUT2D eigenvalue weighted by Gasteiger charge is -2.48. The number of halogens is 1. The van der Waals surface area contributed by atoms with Crippen LogP contribution in [0.1, 0.15) is 48.5 Å². The van der Waals surface area contributed by atoms with Gasteiger partial charge in [0.05, 0.1) is 17.8 Å². The molecule has 1 atom stereocenters. The fraction of sp³-hybridized carbons (Fsp3) is 0.458. The largest absolute Gasteiger partial charge is 0.489 e. The maximum atomic E-state index is 13.7. The number of rotatable bonds is 4. The number of ether oxygens (including phenoxy) is 2. The summed E-state index contributed by atoms with van der Waals surface area (Å²) in [5.74, 6) is 0.272. The summed E-state index contributed by atoms with van der Waals surface area (Å²) in [6, 6.07) is 13.5. The molecule has 0 bridgehead atoms. The van der Waals surface area contributed by atoms with E-state index in [1.54, 1.807) is 42.5 Å². The number of aliphatic hydroxyl groups is 1. The van der Waals surface area contributed by atoms with Crippen molar-refractivity contribution in [1.29, 1.82) is 0 Å². The van der Waals surface area contributed by atoms with Crippen LogP contribution in [-0.4, -0.2) is 46.8 Å². The summed E-state index contributed by atoms with van der Waals surface area (Å²) >= 11 is 0. The zero-order valence-corrected chi connectivity index (χ0v) is 17.3. The Morgan fingerprint density at radius 1 is 1.13 bits per heavy atom. The molecule has 30 heavy (non-hydrogen) atoms. The zero-order chi connectivity index (χ0) is 21.2. The number of amides is 1. The fourth-order valence-corrected chi connectivity index (χ4v) is 4.41. The van der Waals surface area contributed by atoms with Crippen LogP contribution in [0.4, 0.5) is 4.39 Å². The van der Waals surface area contributed by atoms with Crippen LogP contribution in [0, 0.1) is 5.82 Å². The highest BCUT2D eigenvalue weighted by molar-refractivity contribution is 5.94. The molecule has 4 rings (SSSR count). The van der Waals surface area contributed by atoms with Crippen molar-refractivity contribution in [2.45, 2.75) is 50.4 Å². The van der Waals surface area contributed by atoms with Crippen LogP contribution < -0.4 is 4.74 Å². The van der Waals surface area contributed by atoms with E-state index in [1.165, 1.54) is 6.07 Å². The number of likely N-dealkylation sites (tertiary alicyclic amines) is 1. The van der Waals surface area contributed by atoms with E-state index in [9.17, 15) is 14.3 Å². The molecule has 0 aliphatic carbocycles. The molecule has 0 saturated carbocycles. The molecule has 5 nitrogen and oxygen atoms in total. The summed E-state index contributed by atoms with van der Waals surface area (Å²) < 4.78 is 25.4. The third-order valence-electron chi connectivity index (χ3n) is 6.17. The first-order valence-electron chi connectivity index (χ1n) is 10.5. The highest BCUT2D eigenvalue weighted by atomic mass is 19.1. The van der Waals surface area contributed by atoms with E-state index in [4.69, 9.17) is 9.47 Å². The number of carbonyl (C=O) groups excluding carboxylic acids is 1. The zero-order valence-electron chi connectivity index (χ0n) is 17.3. The van der Waals surface area contributed by atoms with Gasteiger partial charge in [-0.25, -0.2) is 4.39 Å².